The predicted octanol–water partition coefficient (Wildman–Crippen LogP) is 5.72. The molecule has 6 heteroatoms. The highest BCUT2D eigenvalue weighted by Gasteiger charge is 2.16. The minimum atomic E-state index is -0.516. The van der Waals surface area contributed by atoms with E-state index in [0.717, 1.165) is 34.7 Å². The summed E-state index contributed by atoms with van der Waals surface area (Å²) in [6.07, 6.45) is 1.02. The number of nitrogens with zero attached hydrogens (tertiary/aromatic N) is 2. The molecular weight excluding hydrogens is 376 g/mol. The van der Waals surface area contributed by atoms with E-state index in [2.05, 4.69) is 73.7 Å². The molecule has 1 amide bonds. The molecule has 3 rings (SSSR count). The summed E-state index contributed by atoms with van der Waals surface area (Å²) in [5.41, 5.74) is 5.62. The van der Waals surface area contributed by atoms with E-state index in [1.54, 1.807) is 0 Å². The Bertz CT molecular complexity index is 1050. The molecule has 6 nitrogen and oxygen atoms in total. The average molecular weight is 407 g/mol. The van der Waals surface area contributed by atoms with Crippen LogP contribution in [-0.2, 0) is 10.2 Å². The van der Waals surface area contributed by atoms with E-state index in [0.29, 0.717) is 5.69 Å². The lowest BCUT2D eigenvalue weighted by Gasteiger charge is -2.20. The maximum Gasteiger partial charge on any atom is 0.412 e. The van der Waals surface area contributed by atoms with Crippen LogP contribution in [0.1, 0.15) is 33.3 Å². The Labute approximate surface area is 178 Å². The third-order valence-electron chi connectivity index (χ3n) is 5.08. The van der Waals surface area contributed by atoms with Gasteiger partial charge in [-0.2, -0.15) is 0 Å². The highest BCUT2D eigenvalue weighted by molar-refractivity contribution is 5.96. The van der Waals surface area contributed by atoms with Crippen molar-refractivity contribution >= 4 is 28.5 Å². The molecule has 2 aromatic carbocycles. The van der Waals surface area contributed by atoms with E-state index in [-0.39, 0.29) is 12.0 Å². The summed E-state index contributed by atoms with van der Waals surface area (Å²) < 4.78 is 5.08. The predicted molar refractivity (Wildman–Crippen MR) is 124 cm³/mol. The molecule has 0 fully saturated rings. The van der Waals surface area contributed by atoms with Gasteiger partial charge in [0, 0.05) is 19.2 Å². The number of aromatic amines is 1. The third kappa shape index (κ3) is 4.64. The molecule has 30 heavy (non-hydrogen) atoms. The molecule has 0 bridgehead atoms. The molecular formula is C24H30N4O2. The Morgan fingerprint density at radius 1 is 1.27 bits per heavy atom. The van der Waals surface area contributed by atoms with Crippen molar-refractivity contribution in [1.29, 1.82) is 0 Å². The zero-order valence-corrected chi connectivity index (χ0v) is 18.4. The first-order valence-electron chi connectivity index (χ1n) is 10.1. The molecule has 0 spiro atoms. The van der Waals surface area contributed by atoms with Gasteiger partial charge in [-0.15, -0.1) is 0 Å². The van der Waals surface area contributed by atoms with Crippen LogP contribution in [-0.4, -0.2) is 36.3 Å². The standard InChI is InChI=1S/C24H30N4O2/c1-7-13-30-23(29)27-20-14-18-19(15-21(20)28(6)8-2)26-22(25-18)16-9-11-17(12-10-16)24(3,4)5/h7,9-12,14-15H,1,8,13H2,2-6H3,(H,25,26)(H,27,29). The second-order valence-corrected chi connectivity index (χ2v) is 8.33. The number of hydrogen-bond acceptors (Lipinski definition) is 4. The van der Waals surface area contributed by atoms with Crippen molar-refractivity contribution in [3.05, 3.63) is 54.6 Å². The lowest BCUT2D eigenvalue weighted by atomic mass is 9.87. The fourth-order valence-electron chi connectivity index (χ4n) is 3.18. The van der Waals surface area contributed by atoms with Gasteiger partial charge in [0.25, 0.3) is 0 Å². The summed E-state index contributed by atoms with van der Waals surface area (Å²) in [6, 6.07) is 12.3. The number of rotatable bonds is 6. The van der Waals surface area contributed by atoms with Crippen LogP contribution in [0, 0.1) is 0 Å². The van der Waals surface area contributed by atoms with Gasteiger partial charge in [-0.25, -0.2) is 9.78 Å². The normalized spacial score (nSPS) is 11.4. The van der Waals surface area contributed by atoms with E-state index in [9.17, 15) is 4.79 Å². The second-order valence-electron chi connectivity index (χ2n) is 8.33. The van der Waals surface area contributed by atoms with E-state index in [4.69, 9.17) is 9.72 Å². The SMILES string of the molecule is C=CCOC(=O)Nc1cc2[nH]c(-c3ccc(C(C)(C)C)cc3)nc2cc1N(C)CC. The van der Waals surface area contributed by atoms with Gasteiger partial charge in [0.15, 0.2) is 0 Å². The van der Waals surface area contributed by atoms with Crippen LogP contribution < -0.4 is 10.2 Å². The number of benzene rings is 2. The van der Waals surface area contributed by atoms with Gasteiger partial charge in [-0.3, -0.25) is 5.32 Å². The molecule has 0 aliphatic carbocycles. The number of carbonyl (C=O) groups is 1. The van der Waals surface area contributed by atoms with Crippen molar-refractivity contribution in [3.63, 3.8) is 0 Å². The summed E-state index contributed by atoms with van der Waals surface area (Å²) in [5, 5.41) is 2.83. The summed E-state index contributed by atoms with van der Waals surface area (Å²) >= 11 is 0. The molecule has 0 aliphatic rings. The monoisotopic (exact) mass is 406 g/mol. The Balaban J connectivity index is 1.98. The summed E-state index contributed by atoms with van der Waals surface area (Å²) in [7, 11) is 1.97. The molecule has 0 saturated carbocycles. The maximum absolute atomic E-state index is 12.1. The van der Waals surface area contributed by atoms with Crippen LogP contribution in [0.4, 0.5) is 16.2 Å². The van der Waals surface area contributed by atoms with Crippen LogP contribution in [0.2, 0.25) is 0 Å². The van der Waals surface area contributed by atoms with Gasteiger partial charge in [0.1, 0.15) is 12.4 Å². The lowest BCUT2D eigenvalue weighted by Crippen LogP contribution is -2.20. The summed E-state index contributed by atoms with van der Waals surface area (Å²) in [4.78, 5) is 22.3. The maximum atomic E-state index is 12.1. The number of aromatic nitrogens is 2. The number of hydrogen-bond donors (Lipinski definition) is 2. The van der Waals surface area contributed by atoms with Crippen LogP contribution in [0.3, 0.4) is 0 Å². The molecule has 0 saturated heterocycles. The Hall–Kier alpha value is -3.28. The minimum Gasteiger partial charge on any atom is -0.445 e. The summed E-state index contributed by atoms with van der Waals surface area (Å²) in [5.74, 6) is 0.793. The first-order valence-corrected chi connectivity index (χ1v) is 10.1. The Morgan fingerprint density at radius 2 is 1.97 bits per heavy atom. The number of imidazole rings is 1. The van der Waals surface area contributed by atoms with Gasteiger partial charge < -0.3 is 14.6 Å². The van der Waals surface area contributed by atoms with Crippen molar-refractivity contribution in [1.82, 2.24) is 9.97 Å². The number of carbonyl (C=O) groups excluding carboxylic acids is 1. The van der Waals surface area contributed by atoms with Crippen LogP contribution in [0.25, 0.3) is 22.4 Å². The highest BCUT2D eigenvalue weighted by atomic mass is 16.5. The van der Waals surface area contributed by atoms with Crippen LogP contribution >= 0.6 is 0 Å². The zero-order valence-electron chi connectivity index (χ0n) is 18.4. The third-order valence-corrected chi connectivity index (χ3v) is 5.08. The fraction of sp³-hybridized carbons (Fsp3) is 0.333. The van der Waals surface area contributed by atoms with Crippen molar-refractivity contribution in [2.75, 3.05) is 30.4 Å². The van der Waals surface area contributed by atoms with Crippen LogP contribution in [0.5, 0.6) is 0 Å². The molecule has 3 aromatic rings. The largest absolute Gasteiger partial charge is 0.445 e. The first-order chi connectivity index (χ1) is 14.2. The van der Waals surface area contributed by atoms with Gasteiger partial charge in [-0.05, 0) is 30.0 Å². The number of ether oxygens (including phenoxy) is 1. The van der Waals surface area contributed by atoms with Crippen molar-refractivity contribution in [3.8, 4) is 11.4 Å². The molecule has 1 aromatic heterocycles. The number of H-pyrrole nitrogens is 1. The minimum absolute atomic E-state index is 0.104. The van der Waals surface area contributed by atoms with Crippen molar-refractivity contribution in [2.45, 2.75) is 33.1 Å². The topological polar surface area (TPSA) is 70.2 Å². The molecule has 0 unspecified atom stereocenters. The van der Waals surface area contributed by atoms with Gasteiger partial charge in [-0.1, -0.05) is 57.7 Å². The van der Waals surface area contributed by atoms with Crippen LogP contribution in [0.15, 0.2) is 49.1 Å². The first kappa shape index (κ1) is 21.4. The fourth-order valence-corrected chi connectivity index (χ4v) is 3.18. The highest BCUT2D eigenvalue weighted by Crippen LogP contribution is 2.32. The van der Waals surface area contributed by atoms with E-state index in [1.807, 2.05) is 19.2 Å². The lowest BCUT2D eigenvalue weighted by molar-refractivity contribution is 0.174. The van der Waals surface area contributed by atoms with E-state index >= 15 is 0 Å². The zero-order chi connectivity index (χ0) is 21.9. The Kier molecular flexibility index (Phi) is 6.15. The molecule has 158 valence electrons. The molecule has 0 radical (unpaired) electrons. The molecule has 0 aliphatic heterocycles. The molecule has 2 N–H and O–H groups in total. The number of nitrogens with one attached hydrogen (secondary N) is 2. The van der Waals surface area contributed by atoms with Gasteiger partial charge in [0.05, 0.1) is 22.4 Å². The second kappa shape index (κ2) is 8.61. The number of anilines is 2. The van der Waals surface area contributed by atoms with E-state index in [1.165, 1.54) is 11.6 Å². The van der Waals surface area contributed by atoms with Crippen molar-refractivity contribution < 1.29 is 9.53 Å². The summed E-state index contributed by atoms with van der Waals surface area (Å²) in [6.45, 7) is 13.2. The molecule has 1 heterocycles. The quantitative estimate of drug-likeness (QED) is 0.514. The Morgan fingerprint density at radius 3 is 2.57 bits per heavy atom. The molecule has 0 atom stereocenters. The number of fused-ring (bicyclic) bond motifs is 1. The average Bonchev–Trinajstić information content (AvgIpc) is 3.13. The van der Waals surface area contributed by atoms with Crippen molar-refractivity contribution in [2.24, 2.45) is 0 Å². The smallest absolute Gasteiger partial charge is 0.412 e. The number of amides is 1. The van der Waals surface area contributed by atoms with Gasteiger partial charge >= 0.3 is 6.09 Å². The van der Waals surface area contributed by atoms with Gasteiger partial charge in [0.2, 0.25) is 0 Å². The van der Waals surface area contributed by atoms with E-state index < -0.39 is 6.09 Å².